The van der Waals surface area contributed by atoms with E-state index >= 15 is 0 Å². The lowest BCUT2D eigenvalue weighted by Crippen LogP contribution is -2.59. The molecule has 152 valence electrons. The molecule has 6 rings (SSSR count). The second-order valence-corrected chi connectivity index (χ2v) is 11.4. The van der Waals surface area contributed by atoms with Gasteiger partial charge in [0.1, 0.15) is 0 Å². The number of carbonyl (C=O) groups is 1. The van der Waals surface area contributed by atoms with E-state index in [2.05, 4.69) is 54.0 Å². The summed E-state index contributed by atoms with van der Waals surface area (Å²) in [5.41, 5.74) is 2.25. The zero-order valence-corrected chi connectivity index (χ0v) is 17.8. The predicted octanol–water partition coefficient (Wildman–Crippen LogP) is 4.37. The molecule has 4 bridgehead atoms. The molecule has 0 radical (unpaired) electrons. The third-order valence-electron chi connectivity index (χ3n) is 8.30. The van der Waals surface area contributed by atoms with E-state index in [-0.39, 0.29) is 5.41 Å². The first-order chi connectivity index (χ1) is 13.4. The van der Waals surface area contributed by atoms with Crippen molar-refractivity contribution in [1.82, 2.24) is 9.80 Å². The van der Waals surface area contributed by atoms with Gasteiger partial charge in [-0.25, -0.2) is 0 Å². The van der Waals surface area contributed by atoms with E-state index in [1.165, 1.54) is 44.1 Å². The van der Waals surface area contributed by atoms with Crippen molar-refractivity contribution in [2.45, 2.75) is 58.9 Å². The van der Waals surface area contributed by atoms with Gasteiger partial charge in [0.2, 0.25) is 0 Å². The number of rotatable bonds is 5. The van der Waals surface area contributed by atoms with E-state index in [9.17, 15) is 4.79 Å². The summed E-state index contributed by atoms with van der Waals surface area (Å²) < 4.78 is 0. The smallest absolute Gasteiger partial charge is 0.153 e. The lowest BCUT2D eigenvalue weighted by molar-refractivity contribution is -0.169. The molecule has 0 spiro atoms. The Kier molecular flexibility index (Phi) is 4.48. The van der Waals surface area contributed by atoms with Crippen LogP contribution in [0.3, 0.4) is 0 Å². The van der Waals surface area contributed by atoms with Gasteiger partial charge < -0.3 is 0 Å². The first-order valence-electron chi connectivity index (χ1n) is 11.4. The Hall–Kier alpha value is -1.19. The Morgan fingerprint density at radius 1 is 0.893 bits per heavy atom. The number of piperazine rings is 1. The fraction of sp³-hybridized carbons (Fsp3) is 0.720. The molecule has 0 unspecified atom stereocenters. The third kappa shape index (κ3) is 3.45. The van der Waals surface area contributed by atoms with Crippen molar-refractivity contribution in [3.63, 3.8) is 0 Å². The van der Waals surface area contributed by atoms with Gasteiger partial charge in [-0.05, 0) is 60.8 Å². The van der Waals surface area contributed by atoms with Crippen LogP contribution in [0.1, 0.15) is 57.9 Å². The van der Waals surface area contributed by atoms with Crippen LogP contribution >= 0.6 is 0 Å². The molecule has 5 aliphatic rings. The fourth-order valence-electron chi connectivity index (χ4n) is 8.08. The summed E-state index contributed by atoms with van der Waals surface area (Å²) in [6, 6.07) is 10.8. The van der Waals surface area contributed by atoms with Gasteiger partial charge in [-0.3, -0.25) is 14.6 Å². The zero-order valence-electron chi connectivity index (χ0n) is 17.8. The average Bonchev–Trinajstić information content (AvgIpc) is 2.61. The summed E-state index contributed by atoms with van der Waals surface area (Å²) in [6.45, 7) is 10.9. The molecule has 4 aliphatic carbocycles. The van der Waals surface area contributed by atoms with Crippen molar-refractivity contribution < 1.29 is 4.79 Å². The molecule has 1 heterocycles. The number of benzene rings is 1. The fourth-order valence-corrected chi connectivity index (χ4v) is 8.08. The summed E-state index contributed by atoms with van der Waals surface area (Å²) in [5, 5.41) is 0. The summed E-state index contributed by atoms with van der Waals surface area (Å²) in [7, 11) is 0. The lowest BCUT2D eigenvalue weighted by atomic mass is 9.39. The summed E-state index contributed by atoms with van der Waals surface area (Å²) in [5.74, 6) is 1.38. The van der Waals surface area contributed by atoms with E-state index < -0.39 is 0 Å². The van der Waals surface area contributed by atoms with Crippen molar-refractivity contribution in [3.8, 4) is 0 Å². The van der Waals surface area contributed by atoms with Gasteiger partial charge in [-0.15, -0.1) is 0 Å². The maximum Gasteiger partial charge on any atom is 0.153 e. The molecule has 1 saturated heterocycles. The van der Waals surface area contributed by atoms with Gasteiger partial charge in [-0.2, -0.15) is 0 Å². The molecule has 1 aliphatic heterocycles. The number of carbonyl (C=O) groups excluding carboxylic acids is 1. The number of ketones is 1. The Labute approximate surface area is 170 Å². The molecule has 28 heavy (non-hydrogen) atoms. The second-order valence-electron chi connectivity index (χ2n) is 11.4. The Morgan fingerprint density at radius 3 is 2.11 bits per heavy atom. The maximum atomic E-state index is 13.6. The standard InChI is InChI=1S/C25H36N2O/c1-23-12-21-13-24(2,17-23)19-25(14-21,18-23)22(28)16-27-10-8-26(9-11-27)15-20-6-4-3-5-7-20/h3-7,21H,8-19H2,1-2H3/t21?,23-,24-,25?/m1/s1. The largest absolute Gasteiger partial charge is 0.298 e. The van der Waals surface area contributed by atoms with E-state index in [1.54, 1.807) is 0 Å². The van der Waals surface area contributed by atoms with Gasteiger partial charge in [0.15, 0.2) is 5.78 Å². The monoisotopic (exact) mass is 380 g/mol. The van der Waals surface area contributed by atoms with E-state index in [1.807, 2.05) is 0 Å². The first kappa shape index (κ1) is 18.8. The normalized spacial score (nSPS) is 40.7. The number of nitrogens with zero attached hydrogens (tertiary/aromatic N) is 2. The summed E-state index contributed by atoms with van der Waals surface area (Å²) in [6.07, 6.45) is 7.61. The molecule has 5 fully saturated rings. The van der Waals surface area contributed by atoms with Crippen LogP contribution in [0.15, 0.2) is 30.3 Å². The molecule has 3 nitrogen and oxygen atoms in total. The van der Waals surface area contributed by atoms with Crippen molar-refractivity contribution in [1.29, 1.82) is 0 Å². The SMILES string of the molecule is C[C@]12CC3CC(C(=O)CN4CCN(Cc5ccccc5)CC4)(C1)C[C@](C)(C3)C2. The number of hydrogen-bond acceptors (Lipinski definition) is 3. The van der Waals surface area contributed by atoms with Crippen LogP contribution in [-0.2, 0) is 11.3 Å². The van der Waals surface area contributed by atoms with Crippen LogP contribution in [0.5, 0.6) is 0 Å². The lowest BCUT2D eigenvalue weighted by Gasteiger charge is -2.65. The molecule has 3 heteroatoms. The predicted molar refractivity (Wildman–Crippen MR) is 113 cm³/mol. The van der Waals surface area contributed by atoms with Crippen LogP contribution in [0.4, 0.5) is 0 Å². The molecular formula is C25H36N2O. The maximum absolute atomic E-state index is 13.6. The molecular weight excluding hydrogens is 344 g/mol. The highest BCUT2D eigenvalue weighted by Crippen LogP contribution is 2.69. The molecule has 0 N–H and O–H groups in total. The Morgan fingerprint density at radius 2 is 1.50 bits per heavy atom. The summed E-state index contributed by atoms with van der Waals surface area (Å²) in [4.78, 5) is 18.5. The van der Waals surface area contributed by atoms with Crippen molar-refractivity contribution in [3.05, 3.63) is 35.9 Å². The van der Waals surface area contributed by atoms with Gasteiger partial charge >= 0.3 is 0 Å². The minimum Gasteiger partial charge on any atom is -0.298 e. The number of hydrogen-bond donors (Lipinski definition) is 0. The second kappa shape index (κ2) is 6.67. The van der Waals surface area contributed by atoms with Crippen LogP contribution in [0.25, 0.3) is 0 Å². The number of Topliss-reactive ketones (excluding diaryl/α,β-unsaturated/α-hetero) is 1. The molecule has 0 aromatic heterocycles. The van der Waals surface area contributed by atoms with Gasteiger partial charge in [0.25, 0.3) is 0 Å². The quantitative estimate of drug-likeness (QED) is 0.758. The highest BCUT2D eigenvalue weighted by molar-refractivity contribution is 5.87. The van der Waals surface area contributed by atoms with Crippen LogP contribution < -0.4 is 0 Å². The highest BCUT2D eigenvalue weighted by atomic mass is 16.1. The first-order valence-corrected chi connectivity index (χ1v) is 11.4. The van der Waals surface area contributed by atoms with Gasteiger partial charge in [-0.1, -0.05) is 44.2 Å². The van der Waals surface area contributed by atoms with Crippen molar-refractivity contribution >= 4 is 5.78 Å². The molecule has 0 amide bonds. The molecule has 4 saturated carbocycles. The van der Waals surface area contributed by atoms with Gasteiger partial charge in [0.05, 0.1) is 6.54 Å². The zero-order chi connectivity index (χ0) is 19.4. The van der Waals surface area contributed by atoms with E-state index in [4.69, 9.17) is 0 Å². The topological polar surface area (TPSA) is 23.6 Å². The average molecular weight is 381 g/mol. The van der Waals surface area contributed by atoms with Crippen LogP contribution in [-0.4, -0.2) is 48.3 Å². The van der Waals surface area contributed by atoms with Gasteiger partial charge in [0, 0.05) is 38.1 Å². The minimum atomic E-state index is 0.00406. The molecule has 2 atom stereocenters. The molecule has 1 aromatic rings. The Balaban J connectivity index is 1.19. The van der Waals surface area contributed by atoms with Crippen molar-refractivity contribution in [2.24, 2.45) is 22.2 Å². The van der Waals surface area contributed by atoms with Crippen LogP contribution in [0, 0.1) is 22.2 Å². The van der Waals surface area contributed by atoms with E-state index in [0.29, 0.717) is 23.2 Å². The van der Waals surface area contributed by atoms with E-state index in [0.717, 1.165) is 38.6 Å². The Bertz CT molecular complexity index is 718. The third-order valence-corrected chi connectivity index (χ3v) is 8.30. The molecule has 1 aromatic carbocycles. The highest BCUT2D eigenvalue weighted by Gasteiger charge is 2.62. The summed E-state index contributed by atoms with van der Waals surface area (Å²) >= 11 is 0. The van der Waals surface area contributed by atoms with Crippen molar-refractivity contribution in [2.75, 3.05) is 32.7 Å². The minimum absolute atomic E-state index is 0.00406. The van der Waals surface area contributed by atoms with Crippen LogP contribution in [0.2, 0.25) is 0 Å².